The van der Waals surface area contributed by atoms with Crippen LogP contribution in [0.25, 0.3) is 12.2 Å². The number of aliphatic hydroxyl groups is 1. The predicted molar refractivity (Wildman–Crippen MR) is 172 cm³/mol. The first kappa shape index (κ1) is 29.5. The van der Waals surface area contributed by atoms with E-state index in [1.54, 1.807) is 0 Å². The van der Waals surface area contributed by atoms with E-state index in [0.717, 1.165) is 59.4 Å². The molecule has 3 N–H and O–H groups in total. The second kappa shape index (κ2) is 12.5. The summed E-state index contributed by atoms with van der Waals surface area (Å²) < 4.78 is 0. The highest BCUT2D eigenvalue weighted by molar-refractivity contribution is 7.99. The van der Waals surface area contributed by atoms with Gasteiger partial charge in [0.15, 0.2) is 0 Å². The average Bonchev–Trinajstić information content (AvgIpc) is 3.70. The average molecular weight is 588 g/mol. The van der Waals surface area contributed by atoms with E-state index in [-0.39, 0.29) is 23.1 Å². The van der Waals surface area contributed by atoms with E-state index in [0.29, 0.717) is 5.02 Å². The van der Waals surface area contributed by atoms with Crippen molar-refractivity contribution < 1.29 is 15.0 Å². The van der Waals surface area contributed by atoms with Crippen molar-refractivity contribution in [3.05, 3.63) is 112 Å². The number of carboxylic acids is 1. The van der Waals surface area contributed by atoms with Crippen LogP contribution in [-0.2, 0) is 16.8 Å². The Bertz CT molecular complexity index is 1450. The highest BCUT2D eigenvalue weighted by Crippen LogP contribution is 2.53. The third-order valence-corrected chi connectivity index (χ3v) is 9.95. The molecule has 1 aliphatic heterocycles. The first-order valence-corrected chi connectivity index (χ1v) is 15.7. The van der Waals surface area contributed by atoms with E-state index >= 15 is 0 Å². The van der Waals surface area contributed by atoms with Crippen molar-refractivity contribution in [1.82, 2.24) is 0 Å². The fourth-order valence-electron chi connectivity index (χ4n) is 5.54. The first-order chi connectivity index (χ1) is 19.6. The van der Waals surface area contributed by atoms with Gasteiger partial charge in [-0.25, -0.2) is 0 Å². The van der Waals surface area contributed by atoms with Crippen LogP contribution in [0.1, 0.15) is 72.6 Å². The van der Waals surface area contributed by atoms with Gasteiger partial charge in [-0.3, -0.25) is 4.79 Å². The fourth-order valence-corrected chi connectivity index (χ4v) is 7.28. The van der Waals surface area contributed by atoms with Crippen LogP contribution < -0.4 is 5.32 Å². The van der Waals surface area contributed by atoms with E-state index in [4.69, 9.17) is 11.6 Å². The van der Waals surface area contributed by atoms with Gasteiger partial charge in [-0.05, 0) is 84.9 Å². The lowest BCUT2D eigenvalue weighted by Crippen LogP contribution is -2.18. The molecule has 214 valence electrons. The molecule has 6 heteroatoms. The molecule has 41 heavy (non-hydrogen) atoms. The number of hydrogen-bond donors (Lipinski definition) is 3. The highest BCUT2D eigenvalue weighted by atomic mass is 35.5. The molecule has 0 spiro atoms. The molecule has 2 aliphatic rings. The van der Waals surface area contributed by atoms with Crippen LogP contribution in [-0.4, -0.2) is 28.0 Å². The van der Waals surface area contributed by atoms with Crippen molar-refractivity contribution in [2.75, 3.05) is 11.1 Å². The van der Waals surface area contributed by atoms with Gasteiger partial charge in [0.25, 0.3) is 0 Å². The molecule has 2 atom stereocenters. The molecule has 1 saturated carbocycles. The summed E-state index contributed by atoms with van der Waals surface area (Å²) in [7, 11) is 0. The maximum atomic E-state index is 11.5. The molecule has 0 saturated heterocycles. The van der Waals surface area contributed by atoms with Gasteiger partial charge in [0.2, 0.25) is 0 Å². The molecule has 0 aromatic heterocycles. The minimum atomic E-state index is -0.906. The number of anilines is 1. The largest absolute Gasteiger partial charge is 0.481 e. The number of aliphatic carboxylic acids is 1. The van der Waals surface area contributed by atoms with Crippen LogP contribution in [0.2, 0.25) is 5.02 Å². The number of halogens is 1. The first-order valence-electron chi connectivity index (χ1n) is 14.3. The second-order valence-corrected chi connectivity index (χ2v) is 13.5. The highest BCUT2D eigenvalue weighted by Gasteiger charge is 2.44. The summed E-state index contributed by atoms with van der Waals surface area (Å²) in [6.45, 7) is 3.67. The number of carboxylic acid groups (broad SMARTS) is 1. The van der Waals surface area contributed by atoms with Crippen LogP contribution in [0.3, 0.4) is 0 Å². The number of rotatable bonds is 12. The monoisotopic (exact) mass is 587 g/mol. The summed E-state index contributed by atoms with van der Waals surface area (Å²) in [4.78, 5) is 11.5. The summed E-state index contributed by atoms with van der Waals surface area (Å²) >= 11 is 8.08. The third kappa shape index (κ3) is 7.85. The molecule has 5 rings (SSSR count). The lowest BCUT2D eigenvalue weighted by molar-refractivity contribution is -0.138. The molecule has 0 amide bonds. The normalized spacial score (nSPS) is 18.1. The molecular weight excluding hydrogens is 550 g/mol. The Morgan fingerprint density at radius 3 is 2.71 bits per heavy atom. The van der Waals surface area contributed by atoms with Gasteiger partial charge in [0.05, 0.1) is 18.1 Å². The number of benzene rings is 3. The van der Waals surface area contributed by atoms with Crippen LogP contribution in [0, 0.1) is 5.41 Å². The molecule has 0 radical (unpaired) electrons. The maximum absolute atomic E-state index is 11.5. The molecule has 2 unspecified atom stereocenters. The van der Waals surface area contributed by atoms with Crippen molar-refractivity contribution in [3.63, 3.8) is 0 Å². The number of thioether (sulfide) groups is 1. The number of carbonyl (C=O) groups is 1. The van der Waals surface area contributed by atoms with Crippen molar-refractivity contribution in [2.24, 2.45) is 5.41 Å². The Labute approximate surface area is 252 Å². The Balaban J connectivity index is 1.33. The number of nitrogens with one attached hydrogen (secondary N) is 1. The Hall–Kier alpha value is -2.99. The SMILES string of the molecule is CC(C)(O)c1ccccc1CCC(SCC1(CC(=O)O)CC1)c1cccc(C=CC2C=Cc3ccc(Cl)cc3N2)c1. The smallest absolute Gasteiger partial charge is 0.303 e. The van der Waals surface area contributed by atoms with Crippen molar-refractivity contribution in [1.29, 1.82) is 0 Å². The van der Waals surface area contributed by atoms with Gasteiger partial charge in [0.1, 0.15) is 0 Å². The zero-order chi connectivity index (χ0) is 29.0. The molecule has 1 heterocycles. The Morgan fingerprint density at radius 1 is 1.15 bits per heavy atom. The van der Waals surface area contributed by atoms with Gasteiger partial charge >= 0.3 is 5.97 Å². The summed E-state index contributed by atoms with van der Waals surface area (Å²) in [6.07, 6.45) is 12.5. The summed E-state index contributed by atoms with van der Waals surface area (Å²) in [6, 6.07) is 22.7. The van der Waals surface area contributed by atoms with E-state index in [1.165, 1.54) is 5.56 Å². The maximum Gasteiger partial charge on any atom is 0.303 e. The molecule has 0 bridgehead atoms. The van der Waals surface area contributed by atoms with E-state index in [1.807, 2.05) is 62.0 Å². The zero-order valence-corrected chi connectivity index (χ0v) is 25.2. The minimum absolute atomic E-state index is 0.0684. The van der Waals surface area contributed by atoms with Gasteiger partial charge in [-0.2, -0.15) is 11.8 Å². The summed E-state index contributed by atoms with van der Waals surface area (Å²) in [5, 5.41) is 24.6. The van der Waals surface area contributed by atoms with Crippen molar-refractivity contribution in [2.45, 2.75) is 62.8 Å². The van der Waals surface area contributed by atoms with Gasteiger partial charge in [0, 0.05) is 21.7 Å². The fraction of sp³-hybridized carbons (Fsp3) is 0.343. The standard InChI is InChI=1S/C35H38ClNO3S/c1-34(2,40)30-9-4-3-7-25(30)13-17-32(41-23-35(18-19-35)22-33(38)39)27-8-5-6-24(20-27)10-15-29-16-12-26-11-14-28(36)21-31(26)37-29/h3-12,14-16,20-21,29,32,37,40H,13,17-19,22-23H2,1-2H3,(H,38,39). The van der Waals surface area contributed by atoms with Crippen LogP contribution in [0.5, 0.6) is 0 Å². The minimum Gasteiger partial charge on any atom is -0.481 e. The van der Waals surface area contributed by atoms with E-state index < -0.39 is 11.6 Å². The Kier molecular flexibility index (Phi) is 8.98. The molecular formula is C35H38ClNO3S. The predicted octanol–water partition coefficient (Wildman–Crippen LogP) is 8.75. The Morgan fingerprint density at radius 2 is 1.95 bits per heavy atom. The van der Waals surface area contributed by atoms with Crippen molar-refractivity contribution in [3.8, 4) is 0 Å². The van der Waals surface area contributed by atoms with Crippen LogP contribution >= 0.6 is 23.4 Å². The van der Waals surface area contributed by atoms with Crippen LogP contribution in [0.15, 0.2) is 78.9 Å². The summed E-state index contributed by atoms with van der Waals surface area (Å²) in [5.74, 6) is 0.136. The number of fused-ring (bicyclic) bond motifs is 1. The number of aryl methyl sites for hydroxylation is 1. The van der Waals surface area contributed by atoms with Gasteiger partial charge < -0.3 is 15.5 Å². The second-order valence-electron chi connectivity index (χ2n) is 11.9. The molecule has 1 fully saturated rings. The molecule has 3 aromatic rings. The van der Waals surface area contributed by atoms with E-state index in [2.05, 4.69) is 60.0 Å². The third-order valence-electron chi connectivity index (χ3n) is 8.03. The quantitative estimate of drug-likeness (QED) is 0.198. The van der Waals surface area contributed by atoms with E-state index in [9.17, 15) is 15.0 Å². The number of hydrogen-bond acceptors (Lipinski definition) is 4. The zero-order valence-electron chi connectivity index (χ0n) is 23.6. The van der Waals surface area contributed by atoms with Gasteiger partial charge in [-0.1, -0.05) is 90.5 Å². The lowest BCUT2D eigenvalue weighted by Gasteiger charge is -2.24. The van der Waals surface area contributed by atoms with Crippen molar-refractivity contribution >= 4 is 47.2 Å². The topological polar surface area (TPSA) is 69.6 Å². The van der Waals surface area contributed by atoms with Crippen LogP contribution in [0.4, 0.5) is 5.69 Å². The summed E-state index contributed by atoms with van der Waals surface area (Å²) in [5.41, 5.74) is 5.67. The molecule has 3 aromatic carbocycles. The molecule has 1 aliphatic carbocycles. The molecule has 4 nitrogen and oxygen atoms in total. The van der Waals surface area contributed by atoms with Gasteiger partial charge in [-0.15, -0.1) is 0 Å². The lowest BCUT2D eigenvalue weighted by atomic mass is 9.90.